The van der Waals surface area contributed by atoms with Crippen molar-refractivity contribution in [3.05, 3.63) is 97.4 Å². The maximum Gasteiger partial charge on any atom is 0.262 e. The van der Waals surface area contributed by atoms with Gasteiger partial charge in [-0.1, -0.05) is 66.9 Å². The Morgan fingerprint density at radius 2 is 1.75 bits per heavy atom. The van der Waals surface area contributed by atoms with Gasteiger partial charge in [-0.3, -0.25) is 9.59 Å². The molecular formula is C27H26BrCl2N3O3. The fourth-order valence-electron chi connectivity index (χ4n) is 3.20. The number of rotatable bonds is 9. The van der Waals surface area contributed by atoms with Gasteiger partial charge in [-0.05, 0) is 76.3 Å². The Morgan fingerprint density at radius 1 is 1.03 bits per heavy atom. The minimum atomic E-state index is -0.798. The summed E-state index contributed by atoms with van der Waals surface area (Å²) in [5, 5.41) is 7.38. The Morgan fingerprint density at radius 3 is 2.39 bits per heavy atom. The summed E-state index contributed by atoms with van der Waals surface area (Å²) < 4.78 is 6.65. The number of nitrogens with one attached hydrogen (secondary N) is 2. The standard InChI is InChI=1S/C27H26BrCl2N3O3/c1-16(2)25(32-26(34)20-9-10-22(29)23(30)13-20)27(35)33-31-14-19-8-11-24(21(28)12-19)36-15-18-6-4-17(3)5-7-18/h4-14,16,25H,15H2,1-3H3,(H,32,34)(H,33,35)/b31-14+. The lowest BCUT2D eigenvalue weighted by atomic mass is 10.0. The highest BCUT2D eigenvalue weighted by atomic mass is 79.9. The number of halogens is 3. The lowest BCUT2D eigenvalue weighted by Crippen LogP contribution is -2.48. The van der Waals surface area contributed by atoms with Crippen molar-refractivity contribution in [2.75, 3.05) is 0 Å². The first-order valence-electron chi connectivity index (χ1n) is 11.2. The van der Waals surface area contributed by atoms with Gasteiger partial charge < -0.3 is 10.1 Å². The first-order valence-corrected chi connectivity index (χ1v) is 12.8. The van der Waals surface area contributed by atoms with Gasteiger partial charge in [-0.15, -0.1) is 0 Å². The summed E-state index contributed by atoms with van der Waals surface area (Å²) in [4.78, 5) is 25.3. The lowest BCUT2D eigenvalue weighted by Gasteiger charge is -2.20. The van der Waals surface area contributed by atoms with Gasteiger partial charge in [0.15, 0.2) is 0 Å². The van der Waals surface area contributed by atoms with E-state index in [-0.39, 0.29) is 10.9 Å². The predicted octanol–water partition coefficient (Wildman–Crippen LogP) is 6.55. The van der Waals surface area contributed by atoms with Crippen molar-refractivity contribution >= 4 is 57.2 Å². The first kappa shape index (κ1) is 27.7. The summed E-state index contributed by atoms with van der Waals surface area (Å²) in [6, 6.07) is 17.4. The van der Waals surface area contributed by atoms with Crippen molar-refractivity contribution in [2.24, 2.45) is 11.0 Å². The van der Waals surface area contributed by atoms with Crippen molar-refractivity contribution < 1.29 is 14.3 Å². The molecule has 0 aliphatic heterocycles. The number of amides is 2. The molecular weight excluding hydrogens is 565 g/mol. The number of ether oxygens (including phenoxy) is 1. The largest absolute Gasteiger partial charge is 0.488 e. The zero-order valence-electron chi connectivity index (χ0n) is 20.0. The van der Waals surface area contributed by atoms with Crippen LogP contribution in [0.4, 0.5) is 0 Å². The molecule has 0 aliphatic rings. The number of benzene rings is 3. The van der Waals surface area contributed by atoms with E-state index in [1.54, 1.807) is 6.07 Å². The van der Waals surface area contributed by atoms with Crippen LogP contribution in [-0.2, 0) is 11.4 Å². The van der Waals surface area contributed by atoms with Gasteiger partial charge in [0.05, 0.1) is 20.7 Å². The summed E-state index contributed by atoms with van der Waals surface area (Å²) in [5.41, 5.74) is 5.83. The fraction of sp³-hybridized carbons (Fsp3) is 0.222. The van der Waals surface area contributed by atoms with E-state index in [1.807, 2.05) is 63.2 Å². The molecule has 9 heteroatoms. The second kappa shape index (κ2) is 12.9. The SMILES string of the molecule is Cc1ccc(COc2ccc(/C=N/NC(=O)C(NC(=O)c3ccc(Cl)c(Cl)c3)C(C)C)cc2Br)cc1. The van der Waals surface area contributed by atoms with Crippen LogP contribution in [0, 0.1) is 12.8 Å². The monoisotopic (exact) mass is 589 g/mol. The Bertz CT molecular complexity index is 1260. The Kier molecular flexibility index (Phi) is 9.93. The highest BCUT2D eigenvalue weighted by Crippen LogP contribution is 2.26. The molecule has 2 N–H and O–H groups in total. The second-order valence-corrected chi connectivity index (χ2v) is 10.2. The second-order valence-electron chi connectivity index (χ2n) is 8.52. The van der Waals surface area contributed by atoms with E-state index in [0.717, 1.165) is 15.6 Å². The van der Waals surface area contributed by atoms with E-state index < -0.39 is 17.9 Å². The van der Waals surface area contributed by atoms with Crippen LogP contribution in [0.2, 0.25) is 10.0 Å². The Labute approximate surface area is 229 Å². The summed E-state index contributed by atoms with van der Waals surface area (Å²) >= 11 is 15.4. The maximum atomic E-state index is 12.7. The molecule has 0 saturated heterocycles. The zero-order chi connectivity index (χ0) is 26.2. The quantitative estimate of drug-likeness (QED) is 0.219. The molecule has 1 unspecified atom stereocenters. The van der Waals surface area contributed by atoms with Crippen LogP contribution in [0.25, 0.3) is 0 Å². The Balaban J connectivity index is 1.58. The molecule has 3 rings (SSSR count). The summed E-state index contributed by atoms with van der Waals surface area (Å²) in [5.74, 6) is -0.351. The van der Waals surface area contributed by atoms with Crippen LogP contribution in [-0.4, -0.2) is 24.1 Å². The first-order chi connectivity index (χ1) is 17.1. The van der Waals surface area contributed by atoms with Gasteiger partial charge in [-0.25, -0.2) is 5.43 Å². The third kappa shape index (κ3) is 7.82. The van der Waals surface area contributed by atoms with Crippen LogP contribution in [0.1, 0.15) is 40.9 Å². The van der Waals surface area contributed by atoms with Crippen LogP contribution < -0.4 is 15.5 Å². The topological polar surface area (TPSA) is 79.8 Å². The number of carbonyl (C=O) groups is 2. The molecule has 0 heterocycles. The summed E-state index contributed by atoms with van der Waals surface area (Å²) in [6.45, 7) is 6.15. The van der Waals surface area contributed by atoms with Crippen LogP contribution in [0.5, 0.6) is 5.75 Å². The van der Waals surface area contributed by atoms with E-state index in [4.69, 9.17) is 27.9 Å². The molecule has 0 saturated carbocycles. The molecule has 0 aromatic heterocycles. The van der Waals surface area contributed by atoms with Crippen molar-refractivity contribution in [2.45, 2.75) is 33.4 Å². The van der Waals surface area contributed by atoms with E-state index in [2.05, 4.69) is 31.8 Å². The minimum absolute atomic E-state index is 0.175. The Hall–Kier alpha value is -2.87. The fourth-order valence-corrected chi connectivity index (χ4v) is 4.01. The number of hydrogen-bond donors (Lipinski definition) is 2. The molecule has 0 bridgehead atoms. The van der Waals surface area contributed by atoms with Gasteiger partial charge in [0.2, 0.25) is 0 Å². The lowest BCUT2D eigenvalue weighted by molar-refractivity contribution is -0.123. The van der Waals surface area contributed by atoms with Crippen LogP contribution in [0.15, 0.2) is 70.2 Å². The number of nitrogens with zero attached hydrogens (tertiary/aromatic N) is 1. The average molecular weight is 591 g/mol. The predicted molar refractivity (Wildman–Crippen MR) is 148 cm³/mol. The highest BCUT2D eigenvalue weighted by Gasteiger charge is 2.24. The van der Waals surface area contributed by atoms with Gasteiger partial charge in [0, 0.05) is 5.56 Å². The van der Waals surface area contributed by atoms with Crippen molar-refractivity contribution in [1.82, 2.24) is 10.7 Å². The van der Waals surface area contributed by atoms with E-state index in [0.29, 0.717) is 22.9 Å². The van der Waals surface area contributed by atoms with Crippen molar-refractivity contribution in [1.29, 1.82) is 0 Å². The molecule has 188 valence electrons. The molecule has 0 aliphatic carbocycles. The third-order valence-corrected chi connectivity index (χ3v) is 6.64. The van der Waals surface area contributed by atoms with Crippen LogP contribution >= 0.6 is 39.1 Å². The summed E-state index contributed by atoms with van der Waals surface area (Å²) in [7, 11) is 0. The highest BCUT2D eigenvalue weighted by molar-refractivity contribution is 9.10. The molecule has 0 fully saturated rings. The normalized spacial score (nSPS) is 12.0. The van der Waals surface area contributed by atoms with E-state index in [1.165, 1.54) is 23.9 Å². The zero-order valence-corrected chi connectivity index (χ0v) is 23.1. The molecule has 0 radical (unpaired) electrons. The number of hydrazone groups is 1. The van der Waals surface area contributed by atoms with Crippen molar-refractivity contribution in [3.63, 3.8) is 0 Å². The van der Waals surface area contributed by atoms with Gasteiger partial charge in [0.1, 0.15) is 18.4 Å². The van der Waals surface area contributed by atoms with E-state index in [9.17, 15) is 9.59 Å². The van der Waals surface area contributed by atoms with Crippen molar-refractivity contribution in [3.8, 4) is 5.75 Å². The molecule has 3 aromatic carbocycles. The smallest absolute Gasteiger partial charge is 0.262 e. The maximum absolute atomic E-state index is 12.7. The van der Waals surface area contributed by atoms with Gasteiger partial charge >= 0.3 is 0 Å². The van der Waals surface area contributed by atoms with Crippen LogP contribution in [0.3, 0.4) is 0 Å². The third-order valence-electron chi connectivity index (χ3n) is 5.28. The minimum Gasteiger partial charge on any atom is -0.488 e. The number of aryl methyl sites for hydroxylation is 1. The average Bonchev–Trinajstić information content (AvgIpc) is 2.84. The molecule has 6 nitrogen and oxygen atoms in total. The molecule has 0 spiro atoms. The molecule has 2 amide bonds. The molecule has 1 atom stereocenters. The number of hydrogen-bond acceptors (Lipinski definition) is 4. The molecule has 36 heavy (non-hydrogen) atoms. The molecule has 3 aromatic rings. The number of carbonyl (C=O) groups excluding carboxylic acids is 2. The van der Waals surface area contributed by atoms with Gasteiger partial charge in [-0.2, -0.15) is 5.10 Å². The van der Waals surface area contributed by atoms with Gasteiger partial charge in [0.25, 0.3) is 11.8 Å². The summed E-state index contributed by atoms with van der Waals surface area (Å²) in [6.07, 6.45) is 1.52. The van der Waals surface area contributed by atoms with E-state index >= 15 is 0 Å².